The van der Waals surface area contributed by atoms with Crippen molar-refractivity contribution in [3.8, 4) is 0 Å². The fourth-order valence-electron chi connectivity index (χ4n) is 3.88. The van der Waals surface area contributed by atoms with E-state index >= 15 is 0 Å². The summed E-state index contributed by atoms with van der Waals surface area (Å²) in [7, 11) is -3.77. The van der Waals surface area contributed by atoms with Crippen molar-refractivity contribution >= 4 is 37.3 Å². The van der Waals surface area contributed by atoms with E-state index in [0.717, 1.165) is 21.8 Å². The third-order valence-corrected chi connectivity index (χ3v) is 7.76. The first-order valence-electron chi connectivity index (χ1n) is 9.24. The molecule has 0 N–H and O–H groups in total. The molecule has 0 unspecified atom stereocenters. The predicted octanol–water partition coefficient (Wildman–Crippen LogP) is 3.50. The van der Waals surface area contributed by atoms with E-state index in [0.29, 0.717) is 39.3 Å². The second kappa shape index (κ2) is 8.02. The molecule has 0 radical (unpaired) electrons. The summed E-state index contributed by atoms with van der Waals surface area (Å²) in [6.45, 7) is 1.76. The zero-order valence-corrected chi connectivity index (χ0v) is 17.9. The lowest BCUT2D eigenvalue weighted by Gasteiger charge is -2.41. The highest BCUT2D eigenvalue weighted by Crippen LogP contribution is 2.33. The first-order valence-corrected chi connectivity index (χ1v) is 11.5. The monoisotopic (exact) mass is 481 g/mol. The zero-order chi connectivity index (χ0) is 20.6. The van der Waals surface area contributed by atoms with Crippen LogP contribution in [0.3, 0.4) is 0 Å². The smallest absolute Gasteiger partial charge is 0.270 e. The number of nitrogens with zero attached hydrogens (tertiary/aromatic N) is 3. The quantitative estimate of drug-likeness (QED) is 0.489. The number of nitro benzene ring substituents is 1. The number of non-ortho nitro benzene ring substituents is 1. The molecule has 2 heterocycles. The highest BCUT2D eigenvalue weighted by molar-refractivity contribution is 9.10. The van der Waals surface area contributed by atoms with Gasteiger partial charge in [0.15, 0.2) is 0 Å². The molecule has 0 atom stereocenters. The third kappa shape index (κ3) is 4.02. The van der Waals surface area contributed by atoms with Crippen molar-refractivity contribution in [3.63, 3.8) is 0 Å². The average molecular weight is 482 g/mol. The van der Waals surface area contributed by atoms with Gasteiger partial charge in [0.1, 0.15) is 6.73 Å². The summed E-state index contributed by atoms with van der Waals surface area (Å²) < 4.78 is 34.0. The maximum atomic E-state index is 12.9. The largest absolute Gasteiger partial charge is 0.356 e. The molecular weight excluding hydrogens is 462 g/mol. The Kier molecular flexibility index (Phi) is 5.60. The van der Waals surface area contributed by atoms with Gasteiger partial charge in [-0.05, 0) is 37.1 Å². The number of sulfonamides is 1. The maximum absolute atomic E-state index is 12.9. The van der Waals surface area contributed by atoms with Crippen molar-refractivity contribution in [3.05, 3.63) is 62.6 Å². The van der Waals surface area contributed by atoms with Crippen LogP contribution in [0.4, 0.5) is 11.4 Å². The van der Waals surface area contributed by atoms with Gasteiger partial charge in [0, 0.05) is 47.0 Å². The number of benzene rings is 2. The van der Waals surface area contributed by atoms with E-state index in [1.807, 2.05) is 12.1 Å². The molecule has 0 spiro atoms. The van der Waals surface area contributed by atoms with Gasteiger partial charge in [-0.3, -0.25) is 10.1 Å². The van der Waals surface area contributed by atoms with Gasteiger partial charge in [-0.1, -0.05) is 22.0 Å². The van der Waals surface area contributed by atoms with Gasteiger partial charge in [-0.25, -0.2) is 8.42 Å². The van der Waals surface area contributed by atoms with E-state index in [1.165, 1.54) is 22.5 Å². The van der Waals surface area contributed by atoms with Crippen molar-refractivity contribution < 1.29 is 18.1 Å². The van der Waals surface area contributed by atoms with Crippen LogP contribution < -0.4 is 4.90 Å². The Hall–Kier alpha value is -2.01. The van der Waals surface area contributed by atoms with Crippen molar-refractivity contribution in [2.24, 2.45) is 0 Å². The van der Waals surface area contributed by atoms with Crippen molar-refractivity contribution in [2.45, 2.75) is 30.4 Å². The van der Waals surface area contributed by atoms with Crippen LogP contribution in [0.1, 0.15) is 18.4 Å². The minimum atomic E-state index is -3.77. The summed E-state index contributed by atoms with van der Waals surface area (Å²) in [5.74, 6) is 0. The van der Waals surface area contributed by atoms with Crippen molar-refractivity contribution in [1.82, 2.24) is 4.31 Å². The van der Waals surface area contributed by atoms with Gasteiger partial charge in [0.2, 0.25) is 10.0 Å². The Morgan fingerprint density at radius 3 is 2.62 bits per heavy atom. The number of fused-ring (bicyclic) bond motifs is 1. The normalized spacial score (nSPS) is 18.4. The minimum Gasteiger partial charge on any atom is -0.356 e. The molecule has 4 rings (SSSR count). The second-order valence-electron chi connectivity index (χ2n) is 7.11. The Bertz CT molecular complexity index is 1040. The van der Waals surface area contributed by atoms with Gasteiger partial charge >= 0.3 is 0 Å². The molecule has 154 valence electrons. The summed E-state index contributed by atoms with van der Waals surface area (Å²) in [5.41, 5.74) is 2.01. The summed E-state index contributed by atoms with van der Waals surface area (Å²) in [6, 6.07) is 11.5. The lowest BCUT2D eigenvalue weighted by molar-refractivity contribution is -0.385. The van der Waals surface area contributed by atoms with Gasteiger partial charge in [0.05, 0.1) is 16.4 Å². The van der Waals surface area contributed by atoms with Crippen LogP contribution in [0.25, 0.3) is 0 Å². The number of hydrogen-bond donors (Lipinski definition) is 0. The number of rotatable bonds is 4. The topological polar surface area (TPSA) is 93.0 Å². The molecule has 2 aliphatic heterocycles. The first kappa shape index (κ1) is 20.3. The molecule has 1 fully saturated rings. The van der Waals surface area contributed by atoms with Crippen LogP contribution in [0.2, 0.25) is 0 Å². The maximum Gasteiger partial charge on any atom is 0.270 e. The molecule has 2 aliphatic rings. The molecule has 29 heavy (non-hydrogen) atoms. The van der Waals surface area contributed by atoms with E-state index in [1.54, 1.807) is 0 Å². The summed E-state index contributed by atoms with van der Waals surface area (Å²) in [4.78, 5) is 12.5. The van der Waals surface area contributed by atoms with E-state index < -0.39 is 14.9 Å². The van der Waals surface area contributed by atoms with Crippen molar-refractivity contribution in [2.75, 3.05) is 24.7 Å². The first-order chi connectivity index (χ1) is 13.9. The van der Waals surface area contributed by atoms with Crippen LogP contribution >= 0.6 is 15.9 Å². The number of hydrogen-bond acceptors (Lipinski definition) is 6. The number of halogens is 1. The molecule has 0 aromatic heterocycles. The van der Waals surface area contributed by atoms with E-state index in [9.17, 15) is 18.5 Å². The minimum absolute atomic E-state index is 0.0401. The standard InChI is InChI=1S/C19H20BrN3O5S/c20-15-4-5-19-14(10-15)12-28-13-22(19)16-6-8-21(9-7-16)29(26,27)18-3-1-2-17(11-18)23(24)25/h1-5,10-11,16H,6-9,12-13H2. The Morgan fingerprint density at radius 1 is 1.14 bits per heavy atom. The fraction of sp³-hybridized carbons (Fsp3) is 0.368. The Balaban J connectivity index is 1.49. The summed E-state index contributed by atoms with van der Waals surface area (Å²) in [5, 5.41) is 11.0. The van der Waals surface area contributed by atoms with Crippen LogP contribution in [0.15, 0.2) is 51.8 Å². The molecular formula is C19H20BrN3O5S. The van der Waals surface area contributed by atoms with E-state index in [4.69, 9.17) is 4.74 Å². The van der Waals surface area contributed by atoms with Gasteiger partial charge in [-0.15, -0.1) is 0 Å². The molecule has 0 bridgehead atoms. The van der Waals surface area contributed by atoms with Crippen LogP contribution in [-0.2, 0) is 21.4 Å². The summed E-state index contributed by atoms with van der Waals surface area (Å²) in [6.07, 6.45) is 1.32. The molecule has 0 amide bonds. The lowest BCUT2D eigenvalue weighted by Crippen LogP contribution is -2.48. The SMILES string of the molecule is O=[N+]([O-])c1cccc(S(=O)(=O)N2CCC(N3COCc4cc(Br)ccc43)CC2)c1. The Labute approximate surface area is 177 Å². The number of ether oxygens (including phenoxy) is 1. The van der Waals surface area contributed by atoms with Gasteiger partial charge < -0.3 is 9.64 Å². The van der Waals surface area contributed by atoms with Crippen LogP contribution in [-0.4, -0.2) is 43.5 Å². The number of piperidine rings is 1. The highest BCUT2D eigenvalue weighted by Gasteiger charge is 2.34. The highest BCUT2D eigenvalue weighted by atomic mass is 79.9. The molecule has 1 saturated heterocycles. The molecule has 8 nitrogen and oxygen atoms in total. The fourth-order valence-corrected chi connectivity index (χ4v) is 5.79. The average Bonchev–Trinajstić information content (AvgIpc) is 2.73. The number of nitro groups is 1. The molecule has 0 aliphatic carbocycles. The van der Waals surface area contributed by atoms with Crippen LogP contribution in [0, 0.1) is 10.1 Å². The van der Waals surface area contributed by atoms with E-state index in [2.05, 4.69) is 26.9 Å². The lowest BCUT2D eigenvalue weighted by atomic mass is 10.0. The van der Waals surface area contributed by atoms with Crippen molar-refractivity contribution in [1.29, 1.82) is 0 Å². The zero-order valence-electron chi connectivity index (χ0n) is 15.5. The molecule has 10 heteroatoms. The van der Waals surface area contributed by atoms with Gasteiger partial charge in [0.25, 0.3) is 5.69 Å². The predicted molar refractivity (Wildman–Crippen MR) is 111 cm³/mol. The van der Waals surface area contributed by atoms with Gasteiger partial charge in [-0.2, -0.15) is 4.31 Å². The Morgan fingerprint density at radius 2 is 1.90 bits per heavy atom. The molecule has 2 aromatic rings. The summed E-state index contributed by atoms with van der Waals surface area (Å²) >= 11 is 3.48. The third-order valence-electron chi connectivity index (χ3n) is 5.37. The molecule has 0 saturated carbocycles. The molecule has 2 aromatic carbocycles. The van der Waals surface area contributed by atoms with E-state index in [-0.39, 0.29) is 16.6 Å². The second-order valence-corrected chi connectivity index (χ2v) is 9.96. The van der Waals surface area contributed by atoms with Crippen LogP contribution in [0.5, 0.6) is 0 Å². The number of anilines is 1.